The van der Waals surface area contributed by atoms with Gasteiger partial charge in [0.1, 0.15) is 5.82 Å². The van der Waals surface area contributed by atoms with Crippen LogP contribution in [0.15, 0.2) is 47.1 Å². The summed E-state index contributed by atoms with van der Waals surface area (Å²) in [5.41, 5.74) is 6.89. The Kier molecular flexibility index (Phi) is 4.63. The molecule has 3 nitrogen and oxygen atoms in total. The Morgan fingerprint density at radius 2 is 2.11 bits per heavy atom. The fourth-order valence-electron chi connectivity index (χ4n) is 1.98. The van der Waals surface area contributed by atoms with E-state index in [1.165, 1.54) is 12.1 Å². The summed E-state index contributed by atoms with van der Waals surface area (Å²) in [4.78, 5) is 4.20. The van der Waals surface area contributed by atoms with Gasteiger partial charge in [0, 0.05) is 28.8 Å². The van der Waals surface area contributed by atoms with Crippen molar-refractivity contribution >= 4 is 15.9 Å². The van der Waals surface area contributed by atoms with E-state index in [4.69, 9.17) is 5.73 Å². The summed E-state index contributed by atoms with van der Waals surface area (Å²) in [5.74, 6) is -0.768. The molecule has 2 rings (SSSR count). The summed E-state index contributed by atoms with van der Waals surface area (Å²) in [6.45, 7) is 0.228. The second kappa shape index (κ2) is 6.23. The first kappa shape index (κ1) is 14.1. The summed E-state index contributed by atoms with van der Waals surface area (Å²) in [7, 11) is 0. The number of pyridine rings is 1. The normalized spacial score (nSPS) is 14.1. The molecule has 0 fully saturated rings. The van der Waals surface area contributed by atoms with Crippen LogP contribution in [0, 0.1) is 5.82 Å². The fourth-order valence-corrected chi connectivity index (χ4v) is 2.47. The van der Waals surface area contributed by atoms with Gasteiger partial charge in [-0.05, 0) is 35.9 Å². The van der Waals surface area contributed by atoms with Gasteiger partial charge in [0.15, 0.2) is 0 Å². The van der Waals surface area contributed by atoms with E-state index in [-0.39, 0.29) is 12.5 Å². The third-order valence-corrected chi connectivity index (χ3v) is 3.39. The van der Waals surface area contributed by atoms with E-state index < -0.39 is 11.9 Å². The van der Waals surface area contributed by atoms with Crippen LogP contribution in [-0.4, -0.2) is 16.6 Å². The lowest BCUT2D eigenvalue weighted by Gasteiger charge is -2.21. The molecule has 19 heavy (non-hydrogen) atoms. The Morgan fingerprint density at radius 3 is 2.68 bits per heavy atom. The van der Waals surface area contributed by atoms with Gasteiger partial charge in [-0.2, -0.15) is 0 Å². The summed E-state index contributed by atoms with van der Waals surface area (Å²) in [5, 5.41) is 10.4. The van der Waals surface area contributed by atoms with E-state index in [0.29, 0.717) is 15.7 Å². The van der Waals surface area contributed by atoms with Crippen molar-refractivity contribution < 1.29 is 9.50 Å². The number of hydrogen-bond acceptors (Lipinski definition) is 3. The van der Waals surface area contributed by atoms with Crippen LogP contribution in [0.4, 0.5) is 4.39 Å². The van der Waals surface area contributed by atoms with E-state index in [1.54, 1.807) is 24.4 Å². The van der Waals surface area contributed by atoms with Gasteiger partial charge in [0.25, 0.3) is 0 Å². The Balaban J connectivity index is 2.33. The highest BCUT2D eigenvalue weighted by Gasteiger charge is 2.23. The number of hydrogen-bond donors (Lipinski definition) is 2. The molecule has 0 aliphatic heterocycles. The first-order chi connectivity index (χ1) is 9.11. The molecule has 3 N–H and O–H groups in total. The number of nitrogens with two attached hydrogens (primary N) is 1. The van der Waals surface area contributed by atoms with Gasteiger partial charge in [0.2, 0.25) is 0 Å². The monoisotopic (exact) mass is 324 g/mol. The van der Waals surface area contributed by atoms with Crippen molar-refractivity contribution in [3.63, 3.8) is 0 Å². The molecule has 1 heterocycles. The summed E-state index contributed by atoms with van der Waals surface area (Å²) < 4.78 is 14.0. The van der Waals surface area contributed by atoms with Gasteiger partial charge in [-0.1, -0.05) is 22.0 Å². The van der Waals surface area contributed by atoms with Crippen LogP contribution in [0.25, 0.3) is 0 Å². The van der Waals surface area contributed by atoms with Crippen LogP contribution in [-0.2, 0) is 0 Å². The number of aliphatic hydroxyl groups is 1. The number of aromatic nitrogens is 1. The Morgan fingerprint density at radius 1 is 1.32 bits per heavy atom. The van der Waals surface area contributed by atoms with E-state index in [0.717, 1.165) is 0 Å². The minimum absolute atomic E-state index is 0.228. The Hall–Kier alpha value is -1.30. The molecule has 0 saturated carbocycles. The highest BCUT2D eigenvalue weighted by atomic mass is 79.9. The van der Waals surface area contributed by atoms with Gasteiger partial charge in [-0.3, -0.25) is 4.98 Å². The molecule has 0 bridgehead atoms. The first-order valence-corrected chi connectivity index (χ1v) is 6.66. The molecule has 1 aromatic heterocycles. The van der Waals surface area contributed by atoms with Crippen molar-refractivity contribution in [1.29, 1.82) is 0 Å². The molecule has 0 radical (unpaired) electrons. The largest absolute Gasteiger partial charge is 0.388 e. The molecule has 2 unspecified atom stereocenters. The Labute approximate surface area is 119 Å². The lowest BCUT2D eigenvalue weighted by atomic mass is 9.92. The fraction of sp³-hybridized carbons (Fsp3) is 0.214. The van der Waals surface area contributed by atoms with Crippen molar-refractivity contribution in [2.45, 2.75) is 12.0 Å². The van der Waals surface area contributed by atoms with Crippen LogP contribution in [0.3, 0.4) is 0 Å². The number of aliphatic hydroxyl groups excluding tert-OH is 1. The average Bonchev–Trinajstić information content (AvgIpc) is 2.39. The SMILES string of the molecule is NCC(c1ccccn1)C(O)c1cc(F)cc(Br)c1. The average molecular weight is 325 g/mol. The summed E-state index contributed by atoms with van der Waals surface area (Å²) in [6.07, 6.45) is 0.749. The first-order valence-electron chi connectivity index (χ1n) is 5.87. The molecule has 0 aliphatic carbocycles. The predicted molar refractivity (Wildman–Crippen MR) is 75.1 cm³/mol. The van der Waals surface area contributed by atoms with Crippen molar-refractivity contribution in [3.8, 4) is 0 Å². The van der Waals surface area contributed by atoms with Crippen LogP contribution < -0.4 is 5.73 Å². The molecule has 5 heteroatoms. The van der Waals surface area contributed by atoms with Gasteiger partial charge < -0.3 is 10.8 Å². The second-order valence-electron chi connectivity index (χ2n) is 4.24. The maximum atomic E-state index is 13.4. The van der Waals surface area contributed by atoms with E-state index in [2.05, 4.69) is 20.9 Å². The maximum Gasteiger partial charge on any atom is 0.124 e. The molecule has 0 saturated heterocycles. The van der Waals surface area contributed by atoms with Crippen LogP contribution in [0.1, 0.15) is 23.3 Å². The predicted octanol–water partition coefficient (Wildman–Crippen LogP) is 2.76. The molecular formula is C14H14BrFN2O. The molecule has 100 valence electrons. The molecular weight excluding hydrogens is 311 g/mol. The summed E-state index contributed by atoms with van der Waals surface area (Å²) in [6, 6.07) is 9.76. The van der Waals surface area contributed by atoms with Crippen LogP contribution in [0.5, 0.6) is 0 Å². The molecule has 0 spiro atoms. The lowest BCUT2D eigenvalue weighted by Crippen LogP contribution is -2.21. The van der Waals surface area contributed by atoms with Gasteiger partial charge in [-0.25, -0.2) is 4.39 Å². The van der Waals surface area contributed by atoms with Crippen molar-refractivity contribution in [3.05, 3.63) is 64.1 Å². The van der Waals surface area contributed by atoms with E-state index >= 15 is 0 Å². The van der Waals surface area contributed by atoms with Gasteiger partial charge >= 0.3 is 0 Å². The quantitative estimate of drug-likeness (QED) is 0.909. The third kappa shape index (κ3) is 3.37. The zero-order valence-electron chi connectivity index (χ0n) is 10.1. The summed E-state index contributed by atoms with van der Waals surface area (Å²) >= 11 is 3.21. The smallest absolute Gasteiger partial charge is 0.124 e. The van der Waals surface area contributed by atoms with Gasteiger partial charge in [0.05, 0.1) is 6.10 Å². The minimum atomic E-state index is -0.896. The van der Waals surface area contributed by atoms with E-state index in [9.17, 15) is 9.50 Å². The molecule has 0 amide bonds. The molecule has 2 atom stereocenters. The molecule has 2 aromatic rings. The van der Waals surface area contributed by atoms with E-state index in [1.807, 2.05) is 6.07 Å². The number of benzene rings is 1. The van der Waals surface area contributed by atoms with Crippen molar-refractivity contribution in [2.24, 2.45) is 5.73 Å². The van der Waals surface area contributed by atoms with Crippen molar-refractivity contribution in [1.82, 2.24) is 4.98 Å². The van der Waals surface area contributed by atoms with Crippen molar-refractivity contribution in [2.75, 3.05) is 6.54 Å². The molecule has 1 aromatic carbocycles. The maximum absolute atomic E-state index is 13.4. The van der Waals surface area contributed by atoms with Crippen LogP contribution in [0.2, 0.25) is 0 Å². The Bertz CT molecular complexity index is 530. The topological polar surface area (TPSA) is 59.1 Å². The number of rotatable bonds is 4. The minimum Gasteiger partial charge on any atom is -0.388 e. The number of halogens is 2. The zero-order chi connectivity index (χ0) is 13.8. The highest BCUT2D eigenvalue weighted by molar-refractivity contribution is 9.10. The second-order valence-corrected chi connectivity index (χ2v) is 5.16. The zero-order valence-corrected chi connectivity index (χ0v) is 11.7. The lowest BCUT2D eigenvalue weighted by molar-refractivity contribution is 0.145. The standard InChI is InChI=1S/C14H14BrFN2O/c15-10-5-9(6-11(16)7-10)14(19)12(8-17)13-3-1-2-4-18-13/h1-7,12,14,19H,8,17H2. The number of nitrogens with zero attached hydrogens (tertiary/aromatic N) is 1. The van der Waals surface area contributed by atoms with Crippen LogP contribution >= 0.6 is 15.9 Å². The third-order valence-electron chi connectivity index (χ3n) is 2.93. The van der Waals surface area contributed by atoms with Gasteiger partial charge in [-0.15, -0.1) is 0 Å². The highest BCUT2D eigenvalue weighted by Crippen LogP contribution is 2.30. The molecule has 0 aliphatic rings.